The van der Waals surface area contributed by atoms with Crippen LogP contribution in [0.3, 0.4) is 0 Å². The maximum absolute atomic E-state index is 7.22. The van der Waals surface area contributed by atoms with Crippen LogP contribution in [0.5, 0.6) is 11.5 Å². The van der Waals surface area contributed by atoms with Crippen LogP contribution in [0, 0.1) is 0 Å². The molecule has 70 heavy (non-hydrogen) atoms. The third kappa shape index (κ3) is 9.13. The van der Waals surface area contributed by atoms with Crippen LogP contribution < -0.4 is 14.5 Å². The van der Waals surface area contributed by atoms with Gasteiger partial charge in [-0.05, 0) is 139 Å². The Morgan fingerprint density at radius 2 is 0.971 bits per heavy atom. The third-order valence-electron chi connectivity index (χ3n) is 14.7. The van der Waals surface area contributed by atoms with E-state index in [-0.39, 0.29) is 32.5 Å². The molecule has 1 aliphatic heterocycles. The highest BCUT2D eigenvalue weighted by atomic mass is 16.5. The molecule has 0 spiro atoms. The first-order valence-electron chi connectivity index (χ1n) is 25.4. The summed E-state index contributed by atoms with van der Waals surface area (Å²) >= 11 is 0. The number of aromatic nitrogens is 2. The monoisotopic (exact) mass is 929 g/mol. The molecular weight excluding hydrogens is 853 g/mol. The fourth-order valence-electron chi connectivity index (χ4n) is 10.2. The van der Waals surface area contributed by atoms with E-state index in [9.17, 15) is 0 Å². The molecule has 0 atom stereocenters. The van der Waals surface area contributed by atoms with Gasteiger partial charge >= 0.3 is 0 Å². The Morgan fingerprint density at radius 1 is 0.400 bits per heavy atom. The van der Waals surface area contributed by atoms with Gasteiger partial charge in [-0.25, -0.2) is 4.98 Å². The zero-order chi connectivity index (χ0) is 50.5. The number of hydrogen-bond acceptors (Lipinski definition) is 4. The van der Waals surface area contributed by atoms with Crippen LogP contribution in [0.15, 0.2) is 140 Å². The number of fused-ring (bicyclic) bond motifs is 4. The van der Waals surface area contributed by atoms with Crippen LogP contribution in [-0.2, 0) is 32.5 Å². The number of benzene rings is 6. The number of anilines is 4. The largest absolute Gasteiger partial charge is 0.457 e. The molecule has 0 bridgehead atoms. The summed E-state index contributed by atoms with van der Waals surface area (Å²) in [6.07, 6.45) is 1.95. The van der Waals surface area contributed by atoms with Crippen molar-refractivity contribution in [2.75, 3.05) is 16.5 Å². The second kappa shape index (κ2) is 16.9. The first-order chi connectivity index (χ1) is 32.6. The normalized spacial score (nSPS) is 14.0. The molecule has 362 valence electrons. The van der Waals surface area contributed by atoms with Crippen LogP contribution in [-0.4, -0.2) is 16.2 Å². The standard InChI is InChI=1S/C65H76N4O/c1-60(2,3)43-24-21-25-47(32-43)67-41-68(58-40-54(64(13,14)15)53(39-57(58)67)63(10,11)12)48-33-46(65(16,17)42-22-19-18-20-23-42)34-50(37-48)70-49-27-28-51-52-35-44(61(4,5)6)26-29-55(52)69(56(51)38-49)59-36-45(30-31-66-59)62(7,8)9/h18-40H,41H2,1-17H3. The maximum Gasteiger partial charge on any atom is 0.137 e. The summed E-state index contributed by atoms with van der Waals surface area (Å²) in [6, 6.07) is 49.8. The van der Waals surface area contributed by atoms with E-state index in [4.69, 9.17) is 9.72 Å². The van der Waals surface area contributed by atoms with Gasteiger partial charge in [0.2, 0.25) is 0 Å². The Balaban J connectivity index is 1.25. The maximum atomic E-state index is 7.22. The fraction of sp³-hybridized carbons (Fsp3) is 0.369. The van der Waals surface area contributed by atoms with Gasteiger partial charge in [-0.15, -0.1) is 0 Å². The molecule has 6 aromatic carbocycles. The van der Waals surface area contributed by atoms with Crippen molar-refractivity contribution >= 4 is 44.6 Å². The molecule has 0 saturated carbocycles. The Bertz CT molecular complexity index is 3260. The first-order valence-corrected chi connectivity index (χ1v) is 25.4. The van der Waals surface area contributed by atoms with E-state index < -0.39 is 0 Å². The zero-order valence-electron chi connectivity index (χ0n) is 45.2. The molecule has 0 fully saturated rings. The smallest absolute Gasteiger partial charge is 0.137 e. The Labute approximate surface area is 419 Å². The van der Waals surface area contributed by atoms with Gasteiger partial charge < -0.3 is 14.5 Å². The first kappa shape index (κ1) is 48.7. The van der Waals surface area contributed by atoms with E-state index in [1.807, 2.05) is 6.20 Å². The third-order valence-corrected chi connectivity index (χ3v) is 14.7. The van der Waals surface area contributed by atoms with Crippen molar-refractivity contribution < 1.29 is 4.74 Å². The highest BCUT2D eigenvalue weighted by Gasteiger charge is 2.36. The zero-order valence-corrected chi connectivity index (χ0v) is 45.2. The van der Waals surface area contributed by atoms with Crippen molar-refractivity contribution in [3.63, 3.8) is 0 Å². The minimum atomic E-state index is -0.337. The highest BCUT2D eigenvalue weighted by Crippen LogP contribution is 2.51. The quantitative estimate of drug-likeness (QED) is 0.159. The van der Waals surface area contributed by atoms with E-state index >= 15 is 0 Å². The van der Waals surface area contributed by atoms with Crippen molar-refractivity contribution in [2.45, 2.75) is 150 Å². The molecule has 3 heterocycles. The molecule has 8 aromatic rings. The Hall–Kier alpha value is -6.33. The van der Waals surface area contributed by atoms with Gasteiger partial charge in [0.25, 0.3) is 0 Å². The Morgan fingerprint density at radius 3 is 1.59 bits per heavy atom. The molecule has 5 nitrogen and oxygen atoms in total. The summed E-state index contributed by atoms with van der Waals surface area (Å²) in [5.74, 6) is 2.46. The van der Waals surface area contributed by atoms with Crippen LogP contribution >= 0.6 is 0 Å². The lowest BCUT2D eigenvalue weighted by molar-refractivity contribution is 0.480. The van der Waals surface area contributed by atoms with Crippen molar-refractivity contribution in [1.29, 1.82) is 0 Å². The minimum absolute atomic E-state index is 0.00113. The molecule has 9 rings (SSSR count). The summed E-state index contributed by atoms with van der Waals surface area (Å²) in [5, 5.41) is 2.38. The predicted octanol–water partition coefficient (Wildman–Crippen LogP) is 18.0. The molecule has 0 radical (unpaired) electrons. The topological polar surface area (TPSA) is 33.5 Å². The van der Waals surface area contributed by atoms with Gasteiger partial charge in [0, 0.05) is 45.9 Å². The van der Waals surface area contributed by atoms with Gasteiger partial charge in [-0.2, -0.15) is 0 Å². The van der Waals surface area contributed by atoms with E-state index in [0.29, 0.717) is 6.67 Å². The van der Waals surface area contributed by atoms with E-state index in [2.05, 4.69) is 266 Å². The second-order valence-electron chi connectivity index (χ2n) is 25.6. The lowest BCUT2D eigenvalue weighted by Gasteiger charge is -2.32. The fourth-order valence-corrected chi connectivity index (χ4v) is 10.2. The summed E-state index contributed by atoms with van der Waals surface area (Å²) in [7, 11) is 0. The van der Waals surface area contributed by atoms with Crippen molar-refractivity contribution in [3.05, 3.63) is 179 Å². The molecule has 0 saturated heterocycles. The van der Waals surface area contributed by atoms with E-state index in [0.717, 1.165) is 34.0 Å². The molecular formula is C65H76N4O. The molecule has 1 aliphatic rings. The summed E-state index contributed by atoms with van der Waals surface area (Å²) < 4.78 is 9.54. The van der Waals surface area contributed by atoms with Gasteiger partial charge in [0.1, 0.15) is 24.0 Å². The lowest BCUT2D eigenvalue weighted by atomic mass is 9.74. The van der Waals surface area contributed by atoms with Crippen LogP contribution in [0.25, 0.3) is 27.6 Å². The van der Waals surface area contributed by atoms with Gasteiger partial charge in [-0.1, -0.05) is 166 Å². The summed E-state index contributed by atoms with van der Waals surface area (Å²) in [6.45, 7) is 39.9. The average Bonchev–Trinajstić information content (AvgIpc) is 3.83. The number of ether oxygens (including phenoxy) is 1. The molecule has 2 aromatic heterocycles. The van der Waals surface area contributed by atoms with Crippen LogP contribution in [0.2, 0.25) is 0 Å². The van der Waals surface area contributed by atoms with Crippen LogP contribution in [0.4, 0.5) is 22.7 Å². The number of rotatable bonds is 7. The lowest BCUT2D eigenvalue weighted by Crippen LogP contribution is -2.25. The highest BCUT2D eigenvalue weighted by molar-refractivity contribution is 6.10. The van der Waals surface area contributed by atoms with Gasteiger partial charge in [0.05, 0.1) is 22.4 Å². The molecule has 0 N–H and O–H groups in total. The SMILES string of the molecule is CC(C)(C)c1cccc(N2CN(c3cc(Oc4ccc5c6cc(C(C)(C)C)ccc6n(-c6cc(C(C)(C)C)ccn6)c5c4)cc(C(C)(C)c4ccccc4)c3)c3cc(C(C)(C)C)c(C(C)(C)C)cc32)c1. The number of hydrogen-bond donors (Lipinski definition) is 0. The summed E-state index contributed by atoms with van der Waals surface area (Å²) in [4.78, 5) is 10.0. The van der Waals surface area contributed by atoms with Gasteiger partial charge in [-0.3, -0.25) is 4.57 Å². The van der Waals surface area contributed by atoms with Crippen LogP contribution in [0.1, 0.15) is 157 Å². The minimum Gasteiger partial charge on any atom is -0.457 e. The molecule has 0 amide bonds. The van der Waals surface area contributed by atoms with Gasteiger partial charge in [0.15, 0.2) is 0 Å². The van der Waals surface area contributed by atoms with Crippen molar-refractivity contribution in [3.8, 4) is 17.3 Å². The molecule has 0 unspecified atom stereocenters. The second-order valence-corrected chi connectivity index (χ2v) is 25.6. The van der Waals surface area contributed by atoms with E-state index in [1.165, 1.54) is 66.8 Å². The average molecular weight is 929 g/mol. The van der Waals surface area contributed by atoms with E-state index in [1.54, 1.807) is 0 Å². The summed E-state index contributed by atoms with van der Waals surface area (Å²) in [5.41, 5.74) is 15.4. The molecule has 0 aliphatic carbocycles. The Kier molecular flexibility index (Phi) is 11.8. The number of nitrogens with zero attached hydrogens (tertiary/aromatic N) is 4. The predicted molar refractivity (Wildman–Crippen MR) is 299 cm³/mol. The van der Waals surface area contributed by atoms with Crippen molar-refractivity contribution in [2.24, 2.45) is 0 Å². The van der Waals surface area contributed by atoms with Crippen molar-refractivity contribution in [1.82, 2.24) is 9.55 Å². The number of pyridine rings is 1. The molecule has 5 heteroatoms.